The maximum absolute atomic E-state index is 14.6. The highest BCUT2D eigenvalue weighted by atomic mass is 16.5. The third-order valence-electron chi connectivity index (χ3n) is 8.28. The van der Waals surface area contributed by atoms with Gasteiger partial charge >= 0.3 is 5.97 Å². The van der Waals surface area contributed by atoms with E-state index in [4.69, 9.17) is 19.2 Å². The van der Waals surface area contributed by atoms with E-state index < -0.39 is 17.4 Å². The van der Waals surface area contributed by atoms with Gasteiger partial charge in [-0.05, 0) is 92.3 Å². The van der Waals surface area contributed by atoms with Crippen LogP contribution in [0.5, 0.6) is 23.0 Å². The largest absolute Gasteiger partial charge is 0.496 e. The minimum Gasteiger partial charge on any atom is -0.496 e. The zero-order valence-corrected chi connectivity index (χ0v) is 25.9. The number of methoxy groups -OCH3 is 2. The number of Topliss-reactive ketones (excluding diaryl/α,β-unsaturated/α-hetero) is 1. The molecule has 0 aromatic heterocycles. The van der Waals surface area contributed by atoms with Crippen molar-refractivity contribution in [3.8, 4) is 23.0 Å². The fourth-order valence-electron chi connectivity index (χ4n) is 5.93. The Bertz CT molecular complexity index is 1700. The summed E-state index contributed by atoms with van der Waals surface area (Å²) in [5.41, 5.74) is 3.40. The van der Waals surface area contributed by atoms with Gasteiger partial charge in [0.2, 0.25) is 0 Å². The Kier molecular flexibility index (Phi) is 9.48. The van der Waals surface area contributed by atoms with Crippen LogP contribution in [0.1, 0.15) is 61.7 Å². The Balaban J connectivity index is 1.53. The smallest absolute Gasteiger partial charge is 0.339 e. The fraction of sp³-hybridized carbons (Fsp3) is 0.237. The van der Waals surface area contributed by atoms with Crippen LogP contribution in [0.15, 0.2) is 102 Å². The highest BCUT2D eigenvalue weighted by molar-refractivity contribution is 6.03. The van der Waals surface area contributed by atoms with Crippen molar-refractivity contribution >= 4 is 18.0 Å². The monoisotopic (exact) mass is 603 g/mol. The molecule has 1 heterocycles. The number of aromatic carboxylic acids is 1. The standard InChI is InChI=1S/C38H37NO6/c1-25-13-18-31(37(41)42)34(22-25)45-30-16-14-28(15-17-30)35(36(40)29-23-32(43-3)26(2)33(24-29)44-4)38(20-9-21-39-38)19-8-12-27-10-6-5-7-11-27/h5-7,9-11,13-18,20-24,35H,8,12,19H2,1-4H3,(H,41,42). The number of hydrogen-bond acceptors (Lipinski definition) is 6. The number of aryl methyl sites for hydroxylation is 2. The molecule has 7 nitrogen and oxygen atoms in total. The van der Waals surface area contributed by atoms with Crippen molar-refractivity contribution in [1.29, 1.82) is 0 Å². The van der Waals surface area contributed by atoms with Crippen molar-refractivity contribution in [2.24, 2.45) is 4.99 Å². The van der Waals surface area contributed by atoms with Gasteiger partial charge in [0.05, 0.1) is 25.7 Å². The second kappa shape index (κ2) is 13.6. The van der Waals surface area contributed by atoms with Crippen molar-refractivity contribution in [3.63, 3.8) is 0 Å². The number of benzene rings is 4. The number of rotatable bonds is 13. The summed E-state index contributed by atoms with van der Waals surface area (Å²) in [5.74, 6) is -0.00631. The minimum atomic E-state index is -1.07. The zero-order chi connectivity index (χ0) is 32.0. The lowest BCUT2D eigenvalue weighted by molar-refractivity contribution is 0.0693. The molecular formula is C38H37NO6. The van der Waals surface area contributed by atoms with Crippen LogP contribution in [0.25, 0.3) is 0 Å². The van der Waals surface area contributed by atoms with Crippen LogP contribution in [0.4, 0.5) is 0 Å². The SMILES string of the molecule is COc1cc(C(=O)C(c2ccc(Oc3cc(C)ccc3C(=O)O)cc2)C2(CCCc3ccccc3)C=CC=N2)cc(OC)c1C. The summed E-state index contributed by atoms with van der Waals surface area (Å²) in [6.07, 6.45) is 8.02. The molecule has 230 valence electrons. The van der Waals surface area contributed by atoms with E-state index >= 15 is 0 Å². The van der Waals surface area contributed by atoms with Crippen molar-refractivity contribution in [2.45, 2.75) is 44.6 Å². The first kappa shape index (κ1) is 31.3. The van der Waals surface area contributed by atoms with E-state index in [-0.39, 0.29) is 17.1 Å². The quantitative estimate of drug-likeness (QED) is 0.155. The number of nitrogens with zero attached hydrogens (tertiary/aromatic N) is 1. The van der Waals surface area contributed by atoms with Crippen LogP contribution >= 0.6 is 0 Å². The number of ether oxygens (including phenoxy) is 3. The molecule has 0 radical (unpaired) electrons. The summed E-state index contributed by atoms with van der Waals surface area (Å²) in [4.78, 5) is 31.4. The molecular weight excluding hydrogens is 566 g/mol. The normalized spacial score (nSPS) is 15.9. The number of carboxylic acid groups (broad SMARTS) is 1. The molecule has 0 saturated carbocycles. The molecule has 2 atom stereocenters. The average Bonchev–Trinajstić information content (AvgIpc) is 3.51. The van der Waals surface area contributed by atoms with E-state index in [2.05, 4.69) is 12.1 Å². The van der Waals surface area contributed by atoms with Gasteiger partial charge in [0.25, 0.3) is 0 Å². The highest BCUT2D eigenvalue weighted by Gasteiger charge is 2.43. The minimum absolute atomic E-state index is 0.0720. The summed E-state index contributed by atoms with van der Waals surface area (Å²) in [5, 5.41) is 9.65. The second-order valence-electron chi connectivity index (χ2n) is 11.2. The Hall–Kier alpha value is -5.17. The summed E-state index contributed by atoms with van der Waals surface area (Å²) < 4.78 is 17.2. The predicted octanol–water partition coefficient (Wildman–Crippen LogP) is 8.18. The second-order valence-corrected chi connectivity index (χ2v) is 11.2. The van der Waals surface area contributed by atoms with E-state index in [1.165, 1.54) is 11.6 Å². The van der Waals surface area contributed by atoms with Gasteiger partial charge in [-0.15, -0.1) is 0 Å². The highest BCUT2D eigenvalue weighted by Crippen LogP contribution is 2.43. The number of carbonyl (C=O) groups excluding carboxylic acids is 1. The number of aliphatic imine (C=N–C) groups is 1. The lowest BCUT2D eigenvalue weighted by Gasteiger charge is -2.34. The van der Waals surface area contributed by atoms with Crippen LogP contribution < -0.4 is 14.2 Å². The molecule has 4 aromatic rings. The molecule has 7 heteroatoms. The van der Waals surface area contributed by atoms with Gasteiger partial charge in [0.15, 0.2) is 5.78 Å². The summed E-state index contributed by atoms with van der Waals surface area (Å²) in [6.45, 7) is 3.76. The van der Waals surface area contributed by atoms with Crippen LogP contribution in [0.3, 0.4) is 0 Å². The van der Waals surface area contributed by atoms with Gasteiger partial charge in [-0.1, -0.05) is 54.6 Å². The van der Waals surface area contributed by atoms with Gasteiger partial charge in [0, 0.05) is 17.3 Å². The molecule has 0 amide bonds. The van der Waals surface area contributed by atoms with Crippen LogP contribution in [-0.4, -0.2) is 42.8 Å². The van der Waals surface area contributed by atoms with Gasteiger partial charge in [-0.25, -0.2) is 4.79 Å². The van der Waals surface area contributed by atoms with Crippen molar-refractivity contribution < 1.29 is 28.9 Å². The molecule has 0 aliphatic carbocycles. The topological polar surface area (TPSA) is 94.4 Å². The Morgan fingerprint density at radius 2 is 1.56 bits per heavy atom. The molecule has 1 aliphatic heterocycles. The molecule has 2 unspecified atom stereocenters. The third-order valence-corrected chi connectivity index (χ3v) is 8.28. The van der Waals surface area contributed by atoms with Gasteiger partial charge in [-0.2, -0.15) is 0 Å². The molecule has 1 aliphatic rings. The fourth-order valence-corrected chi connectivity index (χ4v) is 5.93. The molecule has 0 bridgehead atoms. The van der Waals surface area contributed by atoms with Gasteiger partial charge < -0.3 is 19.3 Å². The number of carboxylic acids is 1. The van der Waals surface area contributed by atoms with Crippen molar-refractivity contribution in [3.05, 3.63) is 130 Å². The predicted molar refractivity (Wildman–Crippen MR) is 176 cm³/mol. The Labute approximate surface area is 263 Å². The van der Waals surface area contributed by atoms with E-state index in [0.717, 1.165) is 29.5 Å². The van der Waals surface area contributed by atoms with E-state index in [1.54, 1.807) is 56.8 Å². The van der Waals surface area contributed by atoms with Crippen LogP contribution in [-0.2, 0) is 6.42 Å². The molecule has 0 fully saturated rings. The van der Waals surface area contributed by atoms with E-state index in [0.29, 0.717) is 29.2 Å². The first-order chi connectivity index (χ1) is 21.7. The zero-order valence-electron chi connectivity index (χ0n) is 25.9. The van der Waals surface area contributed by atoms with Gasteiger partial charge in [-0.3, -0.25) is 9.79 Å². The first-order valence-corrected chi connectivity index (χ1v) is 14.9. The van der Waals surface area contributed by atoms with Gasteiger partial charge in [0.1, 0.15) is 28.6 Å². The lowest BCUT2D eigenvalue weighted by Crippen LogP contribution is -2.37. The van der Waals surface area contributed by atoms with Crippen LogP contribution in [0, 0.1) is 13.8 Å². The van der Waals surface area contributed by atoms with E-state index in [9.17, 15) is 14.7 Å². The van der Waals surface area contributed by atoms with Crippen LogP contribution in [0.2, 0.25) is 0 Å². The number of ketones is 1. The summed E-state index contributed by atoms with van der Waals surface area (Å²) >= 11 is 0. The first-order valence-electron chi connectivity index (χ1n) is 14.9. The van der Waals surface area contributed by atoms with Crippen molar-refractivity contribution in [1.82, 2.24) is 0 Å². The third kappa shape index (κ3) is 6.83. The molecule has 0 spiro atoms. The number of carbonyl (C=O) groups is 2. The average molecular weight is 604 g/mol. The summed E-state index contributed by atoms with van der Waals surface area (Å²) in [6, 6.07) is 26.0. The summed E-state index contributed by atoms with van der Waals surface area (Å²) in [7, 11) is 3.15. The molecule has 5 rings (SSSR count). The Morgan fingerprint density at radius 3 is 2.16 bits per heavy atom. The maximum atomic E-state index is 14.6. The maximum Gasteiger partial charge on any atom is 0.339 e. The molecule has 4 aromatic carbocycles. The Morgan fingerprint density at radius 1 is 0.867 bits per heavy atom. The van der Waals surface area contributed by atoms with Crippen molar-refractivity contribution in [2.75, 3.05) is 14.2 Å². The molecule has 45 heavy (non-hydrogen) atoms. The lowest BCUT2D eigenvalue weighted by atomic mass is 9.72. The van der Waals surface area contributed by atoms with E-state index in [1.807, 2.05) is 56.3 Å². The number of hydrogen-bond donors (Lipinski definition) is 1. The molecule has 1 N–H and O–H groups in total. The molecule has 0 saturated heterocycles. The number of allylic oxidation sites excluding steroid dienone is 1.